The maximum atomic E-state index is 10.6. The molecule has 0 bridgehead atoms. The molecule has 0 saturated carbocycles. The van der Waals surface area contributed by atoms with E-state index in [1.54, 1.807) is 37.3 Å². The van der Waals surface area contributed by atoms with E-state index in [-0.39, 0.29) is 6.42 Å². The van der Waals surface area contributed by atoms with Gasteiger partial charge in [0.1, 0.15) is 42.0 Å². The Balaban J connectivity index is 2.23. The molecule has 8 nitrogen and oxygen atoms in total. The van der Waals surface area contributed by atoms with E-state index in [1.807, 2.05) is 0 Å². The molecule has 0 aromatic carbocycles. The molecule has 28 heavy (non-hydrogen) atoms. The first-order chi connectivity index (χ1) is 13.3. The monoisotopic (exact) mass is 394 g/mol. The van der Waals surface area contributed by atoms with Gasteiger partial charge in [0.25, 0.3) is 0 Å². The largest absolute Gasteiger partial charge is 0.465 e. The third kappa shape index (κ3) is 5.90. The number of allylic oxidation sites excluding steroid dienone is 1. The summed E-state index contributed by atoms with van der Waals surface area (Å²) in [5.74, 6) is 1.05. The number of hydrogen-bond donors (Lipinski definition) is 6. The van der Waals surface area contributed by atoms with E-state index in [0.717, 1.165) is 5.57 Å². The molecule has 5 atom stereocenters. The van der Waals surface area contributed by atoms with Crippen molar-refractivity contribution in [3.05, 3.63) is 59.5 Å². The van der Waals surface area contributed by atoms with Crippen molar-refractivity contribution in [3.8, 4) is 0 Å². The molecule has 0 aliphatic carbocycles. The van der Waals surface area contributed by atoms with Gasteiger partial charge in [-0.15, -0.1) is 0 Å². The van der Waals surface area contributed by atoms with Crippen LogP contribution in [0, 0.1) is 0 Å². The standard InChI is InChI=1S/C20H26O8/c1-12(9-14-4-2-6-27-14)8-13(10-15-5-3-7-28-15)17(23)19(25)20(26)18(24)16(22)11-21/h2-7,9-10,16-26H,8,11H2,1H3/b12-9-,13-10+/t16-,17?,18+,19+,20-/m0/s1. The highest BCUT2D eigenvalue weighted by Crippen LogP contribution is 2.24. The van der Waals surface area contributed by atoms with Gasteiger partial charge < -0.3 is 39.5 Å². The zero-order valence-electron chi connectivity index (χ0n) is 15.4. The van der Waals surface area contributed by atoms with Gasteiger partial charge >= 0.3 is 0 Å². The molecule has 1 unspecified atom stereocenters. The third-order valence-electron chi connectivity index (χ3n) is 4.27. The van der Waals surface area contributed by atoms with E-state index < -0.39 is 37.1 Å². The van der Waals surface area contributed by atoms with Gasteiger partial charge in [-0.05, 0) is 55.3 Å². The lowest BCUT2D eigenvalue weighted by Crippen LogP contribution is -2.50. The molecular weight excluding hydrogens is 368 g/mol. The molecule has 0 spiro atoms. The fourth-order valence-corrected chi connectivity index (χ4v) is 2.73. The van der Waals surface area contributed by atoms with Crippen molar-refractivity contribution in [2.75, 3.05) is 6.61 Å². The highest BCUT2D eigenvalue weighted by Gasteiger charge is 2.35. The lowest BCUT2D eigenvalue weighted by atomic mass is 9.91. The first kappa shape index (κ1) is 22.1. The summed E-state index contributed by atoms with van der Waals surface area (Å²) >= 11 is 0. The van der Waals surface area contributed by atoms with Crippen molar-refractivity contribution in [1.29, 1.82) is 0 Å². The summed E-state index contributed by atoms with van der Waals surface area (Å²) in [5.41, 5.74) is 1.11. The second-order valence-electron chi connectivity index (χ2n) is 6.58. The summed E-state index contributed by atoms with van der Waals surface area (Å²) in [5, 5.41) is 59.1. The van der Waals surface area contributed by atoms with Crippen LogP contribution in [0.1, 0.15) is 24.9 Å². The molecule has 2 heterocycles. The summed E-state index contributed by atoms with van der Waals surface area (Å²) in [6.07, 6.45) is -2.28. The van der Waals surface area contributed by atoms with Crippen LogP contribution in [0.25, 0.3) is 12.2 Å². The van der Waals surface area contributed by atoms with Crippen molar-refractivity contribution in [3.63, 3.8) is 0 Å². The van der Waals surface area contributed by atoms with Crippen molar-refractivity contribution >= 4 is 12.2 Å². The lowest BCUT2D eigenvalue weighted by molar-refractivity contribution is -0.134. The second-order valence-corrected chi connectivity index (χ2v) is 6.58. The predicted octanol–water partition coefficient (Wildman–Crippen LogP) is 0.546. The minimum absolute atomic E-state index is 0.213. The van der Waals surface area contributed by atoms with Crippen LogP contribution >= 0.6 is 0 Å². The molecule has 0 saturated heterocycles. The zero-order chi connectivity index (χ0) is 20.7. The van der Waals surface area contributed by atoms with Gasteiger partial charge in [0.2, 0.25) is 0 Å². The topological polar surface area (TPSA) is 148 Å². The fraction of sp³-hybridized carbons (Fsp3) is 0.400. The molecule has 2 rings (SSSR count). The summed E-state index contributed by atoms with van der Waals surface area (Å²) in [7, 11) is 0. The summed E-state index contributed by atoms with van der Waals surface area (Å²) < 4.78 is 10.5. The molecule has 0 fully saturated rings. The first-order valence-electron chi connectivity index (χ1n) is 8.79. The van der Waals surface area contributed by atoms with E-state index in [1.165, 1.54) is 18.6 Å². The van der Waals surface area contributed by atoms with Gasteiger partial charge in [-0.2, -0.15) is 0 Å². The molecular formula is C20H26O8. The highest BCUT2D eigenvalue weighted by atomic mass is 16.4. The Morgan fingerprint density at radius 3 is 1.96 bits per heavy atom. The molecule has 0 aliphatic rings. The second kappa shape index (κ2) is 10.4. The Kier molecular flexibility index (Phi) is 8.18. The van der Waals surface area contributed by atoms with Crippen LogP contribution in [-0.2, 0) is 0 Å². The lowest BCUT2D eigenvalue weighted by Gasteiger charge is -2.29. The van der Waals surface area contributed by atoms with Gasteiger partial charge in [0.15, 0.2) is 0 Å². The van der Waals surface area contributed by atoms with Crippen molar-refractivity contribution in [1.82, 2.24) is 0 Å². The molecule has 154 valence electrons. The molecule has 2 aromatic heterocycles. The number of aliphatic hydroxyl groups excluding tert-OH is 6. The molecule has 0 aliphatic heterocycles. The molecule has 6 N–H and O–H groups in total. The summed E-state index contributed by atoms with van der Waals surface area (Å²) in [6, 6.07) is 6.82. The van der Waals surface area contributed by atoms with Gasteiger partial charge in [-0.3, -0.25) is 0 Å². The maximum Gasteiger partial charge on any atom is 0.126 e. The smallest absolute Gasteiger partial charge is 0.126 e. The highest BCUT2D eigenvalue weighted by molar-refractivity contribution is 5.53. The Bertz CT molecular complexity index is 747. The minimum atomic E-state index is -1.88. The van der Waals surface area contributed by atoms with Gasteiger partial charge in [-0.1, -0.05) is 5.57 Å². The SMILES string of the molecule is C/C(=C/c1ccco1)C/C(=C\c1ccco1)C(O)[C@@H](O)[C@@H](O)[C@H](O)[C@@H](O)CO. The molecule has 0 amide bonds. The van der Waals surface area contributed by atoms with E-state index >= 15 is 0 Å². The van der Waals surface area contributed by atoms with E-state index in [0.29, 0.717) is 17.1 Å². The summed E-state index contributed by atoms with van der Waals surface area (Å²) in [4.78, 5) is 0. The van der Waals surface area contributed by atoms with Crippen LogP contribution in [0.2, 0.25) is 0 Å². The zero-order valence-corrected chi connectivity index (χ0v) is 15.4. The minimum Gasteiger partial charge on any atom is -0.465 e. The van der Waals surface area contributed by atoms with Crippen molar-refractivity contribution in [2.45, 2.75) is 43.9 Å². The van der Waals surface area contributed by atoms with Crippen LogP contribution in [-0.4, -0.2) is 67.8 Å². The van der Waals surface area contributed by atoms with Crippen LogP contribution in [0.3, 0.4) is 0 Å². The number of furan rings is 2. The summed E-state index contributed by atoms with van der Waals surface area (Å²) in [6.45, 7) is 1.000. The van der Waals surface area contributed by atoms with Crippen molar-refractivity contribution in [2.24, 2.45) is 0 Å². The van der Waals surface area contributed by atoms with Gasteiger partial charge in [-0.25, -0.2) is 0 Å². The van der Waals surface area contributed by atoms with Crippen molar-refractivity contribution < 1.29 is 39.5 Å². The third-order valence-corrected chi connectivity index (χ3v) is 4.27. The maximum absolute atomic E-state index is 10.6. The van der Waals surface area contributed by atoms with E-state index in [2.05, 4.69) is 0 Å². The average molecular weight is 394 g/mol. The van der Waals surface area contributed by atoms with Crippen LogP contribution < -0.4 is 0 Å². The normalized spacial score (nSPS) is 18.5. The number of rotatable bonds is 10. The Morgan fingerprint density at radius 2 is 1.46 bits per heavy atom. The van der Waals surface area contributed by atoms with Crippen LogP contribution in [0.5, 0.6) is 0 Å². The fourth-order valence-electron chi connectivity index (χ4n) is 2.73. The van der Waals surface area contributed by atoms with E-state index in [4.69, 9.17) is 13.9 Å². The number of aliphatic hydroxyl groups is 6. The van der Waals surface area contributed by atoms with Crippen LogP contribution in [0.15, 0.2) is 56.8 Å². The molecule has 8 heteroatoms. The Labute approximate surface area is 162 Å². The quantitative estimate of drug-likeness (QED) is 0.342. The molecule has 0 radical (unpaired) electrons. The first-order valence-corrected chi connectivity index (χ1v) is 8.79. The average Bonchev–Trinajstić information content (AvgIpc) is 3.38. The van der Waals surface area contributed by atoms with Crippen LogP contribution in [0.4, 0.5) is 0 Å². The number of hydrogen-bond acceptors (Lipinski definition) is 8. The Morgan fingerprint density at radius 1 is 0.893 bits per heavy atom. The van der Waals surface area contributed by atoms with E-state index in [9.17, 15) is 25.5 Å². The predicted molar refractivity (Wildman–Crippen MR) is 101 cm³/mol. The Hall–Kier alpha value is -2.20. The van der Waals surface area contributed by atoms with Gasteiger partial charge in [0.05, 0.1) is 19.1 Å². The van der Waals surface area contributed by atoms with Gasteiger partial charge in [0, 0.05) is 0 Å². The molecule has 2 aromatic rings.